The van der Waals surface area contributed by atoms with E-state index >= 15 is 0 Å². The lowest BCUT2D eigenvalue weighted by molar-refractivity contribution is -0.122. The predicted molar refractivity (Wildman–Crippen MR) is 119 cm³/mol. The summed E-state index contributed by atoms with van der Waals surface area (Å²) in [6.45, 7) is 5.48. The van der Waals surface area contributed by atoms with Crippen molar-refractivity contribution in [1.82, 2.24) is 5.32 Å². The van der Waals surface area contributed by atoms with Gasteiger partial charge in [0.05, 0.1) is 32.2 Å². The molecule has 30 heavy (non-hydrogen) atoms. The summed E-state index contributed by atoms with van der Waals surface area (Å²) >= 11 is 0. The van der Waals surface area contributed by atoms with Crippen LogP contribution in [0.25, 0.3) is 0 Å². The molecule has 0 saturated carbocycles. The number of hydrogen-bond donors (Lipinski definition) is 1. The number of carbonyl (C=O) groups excluding carboxylic acids is 1. The monoisotopic (exact) mass is 434 g/mol. The van der Waals surface area contributed by atoms with Crippen molar-refractivity contribution >= 4 is 21.6 Å². The minimum atomic E-state index is -3.69. The van der Waals surface area contributed by atoms with Crippen molar-refractivity contribution in [2.75, 3.05) is 24.8 Å². The highest BCUT2D eigenvalue weighted by atomic mass is 32.2. The molecule has 7 nitrogen and oxygen atoms in total. The van der Waals surface area contributed by atoms with Gasteiger partial charge in [-0.25, -0.2) is 8.42 Å². The van der Waals surface area contributed by atoms with Crippen LogP contribution in [0.2, 0.25) is 0 Å². The summed E-state index contributed by atoms with van der Waals surface area (Å²) in [5, 5.41) is 2.98. The number of nitrogens with zero attached hydrogens (tertiary/aromatic N) is 1. The average Bonchev–Trinajstić information content (AvgIpc) is 2.71. The highest BCUT2D eigenvalue weighted by molar-refractivity contribution is 7.92. The number of amides is 1. The van der Waals surface area contributed by atoms with Crippen molar-refractivity contribution < 1.29 is 22.7 Å². The second kappa shape index (κ2) is 9.84. The number of nitrogens with one attached hydrogen (secondary N) is 1. The fourth-order valence-corrected chi connectivity index (χ4v) is 4.54. The van der Waals surface area contributed by atoms with Crippen molar-refractivity contribution in [3.8, 4) is 11.5 Å². The summed E-state index contributed by atoms with van der Waals surface area (Å²) in [6, 6.07) is 11.1. The van der Waals surface area contributed by atoms with Gasteiger partial charge in [-0.2, -0.15) is 0 Å². The molecule has 0 aromatic heterocycles. The van der Waals surface area contributed by atoms with Crippen LogP contribution in [0.4, 0.5) is 5.69 Å². The van der Waals surface area contributed by atoms with E-state index in [2.05, 4.69) is 5.32 Å². The number of benzene rings is 2. The van der Waals surface area contributed by atoms with Crippen molar-refractivity contribution in [2.24, 2.45) is 0 Å². The van der Waals surface area contributed by atoms with Crippen LogP contribution in [0.3, 0.4) is 0 Å². The molecule has 8 heteroatoms. The molecule has 0 saturated heterocycles. The Kier molecular flexibility index (Phi) is 7.72. The van der Waals surface area contributed by atoms with E-state index in [1.165, 1.54) is 7.11 Å². The lowest BCUT2D eigenvalue weighted by atomic mass is 10.0. The normalized spacial score (nSPS) is 13.3. The molecule has 0 aliphatic heterocycles. The summed E-state index contributed by atoms with van der Waals surface area (Å²) in [4.78, 5) is 13.0. The fraction of sp³-hybridized carbons (Fsp3) is 0.409. The number of sulfonamides is 1. The molecule has 0 radical (unpaired) electrons. The zero-order valence-electron chi connectivity index (χ0n) is 18.3. The van der Waals surface area contributed by atoms with Crippen LogP contribution in [0.5, 0.6) is 11.5 Å². The molecule has 164 valence electrons. The zero-order chi connectivity index (χ0) is 22.5. The van der Waals surface area contributed by atoms with E-state index in [-0.39, 0.29) is 11.9 Å². The molecule has 0 spiro atoms. The topological polar surface area (TPSA) is 84.9 Å². The van der Waals surface area contributed by atoms with Gasteiger partial charge in [-0.1, -0.05) is 19.1 Å². The summed E-state index contributed by atoms with van der Waals surface area (Å²) in [6.07, 6.45) is 1.75. The molecular formula is C22H30N2O5S. The standard InChI is InChI=1S/C22H30N2O5S/c1-7-20(17-8-13-21(29-5)15(2)14-17)23-22(25)16(3)24(30(6,26)27)18-9-11-19(28-4)12-10-18/h8-14,16,20H,7H2,1-6H3,(H,23,25)/t16-,20+/m1/s1. The molecule has 0 unspecified atom stereocenters. The van der Waals surface area contributed by atoms with Crippen LogP contribution >= 0.6 is 0 Å². The summed E-state index contributed by atoms with van der Waals surface area (Å²) in [5.41, 5.74) is 2.30. The van der Waals surface area contributed by atoms with Gasteiger partial charge in [0, 0.05) is 0 Å². The summed E-state index contributed by atoms with van der Waals surface area (Å²) in [7, 11) is -0.544. The Morgan fingerprint density at radius 2 is 1.73 bits per heavy atom. The Morgan fingerprint density at radius 1 is 1.10 bits per heavy atom. The first-order valence-corrected chi connectivity index (χ1v) is 11.6. The van der Waals surface area contributed by atoms with Crippen molar-refractivity contribution in [3.05, 3.63) is 53.6 Å². The predicted octanol–water partition coefficient (Wildman–Crippen LogP) is 3.43. The second-order valence-corrected chi connectivity index (χ2v) is 8.99. The lowest BCUT2D eigenvalue weighted by Crippen LogP contribution is -2.48. The highest BCUT2D eigenvalue weighted by Gasteiger charge is 2.30. The van der Waals surface area contributed by atoms with Gasteiger partial charge in [0.25, 0.3) is 0 Å². The number of anilines is 1. The molecule has 0 bridgehead atoms. The summed E-state index contributed by atoms with van der Waals surface area (Å²) in [5.74, 6) is 0.998. The second-order valence-electron chi connectivity index (χ2n) is 7.13. The van der Waals surface area contributed by atoms with Crippen molar-refractivity contribution in [3.63, 3.8) is 0 Å². The number of hydrogen-bond acceptors (Lipinski definition) is 5. The first kappa shape index (κ1) is 23.5. The molecule has 2 atom stereocenters. The third-order valence-corrected chi connectivity index (χ3v) is 6.20. The smallest absolute Gasteiger partial charge is 0.244 e. The Hall–Kier alpha value is -2.74. The first-order chi connectivity index (χ1) is 14.1. The molecule has 1 N–H and O–H groups in total. The average molecular weight is 435 g/mol. The van der Waals surface area contributed by atoms with E-state index in [4.69, 9.17) is 9.47 Å². The molecule has 0 fully saturated rings. The summed E-state index contributed by atoms with van der Waals surface area (Å²) < 4.78 is 36.5. The number of methoxy groups -OCH3 is 2. The van der Waals surface area contributed by atoms with Crippen LogP contribution in [-0.4, -0.2) is 40.8 Å². The van der Waals surface area contributed by atoms with E-state index < -0.39 is 16.1 Å². The van der Waals surface area contributed by atoms with Gasteiger partial charge in [-0.05, 0) is 61.7 Å². The van der Waals surface area contributed by atoms with E-state index in [1.807, 2.05) is 32.0 Å². The molecule has 0 aliphatic rings. The van der Waals surface area contributed by atoms with Gasteiger partial charge >= 0.3 is 0 Å². The minimum Gasteiger partial charge on any atom is -0.497 e. The molecular weight excluding hydrogens is 404 g/mol. The minimum absolute atomic E-state index is 0.248. The van der Waals surface area contributed by atoms with Gasteiger partial charge in [0.2, 0.25) is 15.9 Å². The van der Waals surface area contributed by atoms with E-state index in [0.717, 1.165) is 27.4 Å². The largest absolute Gasteiger partial charge is 0.497 e. The molecule has 2 aromatic rings. The Balaban J connectivity index is 2.28. The van der Waals surface area contributed by atoms with Gasteiger partial charge in [-0.15, -0.1) is 0 Å². The third-order valence-electron chi connectivity index (χ3n) is 4.96. The van der Waals surface area contributed by atoms with Crippen LogP contribution < -0.4 is 19.1 Å². The Bertz CT molecular complexity index is 974. The van der Waals surface area contributed by atoms with Crippen molar-refractivity contribution in [1.29, 1.82) is 0 Å². The van der Waals surface area contributed by atoms with E-state index in [0.29, 0.717) is 17.9 Å². The zero-order valence-corrected chi connectivity index (χ0v) is 19.1. The molecule has 2 rings (SSSR count). The maximum Gasteiger partial charge on any atom is 0.244 e. The fourth-order valence-electron chi connectivity index (χ4n) is 3.37. The maximum absolute atomic E-state index is 13.0. The van der Waals surface area contributed by atoms with Gasteiger partial charge in [-0.3, -0.25) is 9.10 Å². The lowest BCUT2D eigenvalue weighted by Gasteiger charge is -2.30. The quantitative estimate of drug-likeness (QED) is 0.654. The van der Waals surface area contributed by atoms with Gasteiger partial charge < -0.3 is 14.8 Å². The number of ether oxygens (including phenoxy) is 2. The number of carbonyl (C=O) groups is 1. The number of rotatable bonds is 9. The Labute approximate surface area is 179 Å². The molecule has 1 amide bonds. The molecule has 0 heterocycles. The van der Waals surface area contributed by atoms with Crippen LogP contribution in [-0.2, 0) is 14.8 Å². The third kappa shape index (κ3) is 5.44. The van der Waals surface area contributed by atoms with E-state index in [1.54, 1.807) is 38.3 Å². The SMILES string of the molecule is CC[C@H](NC(=O)[C@@H](C)N(c1ccc(OC)cc1)S(C)(=O)=O)c1ccc(OC)c(C)c1. The Morgan fingerprint density at radius 3 is 2.20 bits per heavy atom. The highest BCUT2D eigenvalue weighted by Crippen LogP contribution is 2.26. The number of aryl methyl sites for hydroxylation is 1. The maximum atomic E-state index is 13.0. The first-order valence-electron chi connectivity index (χ1n) is 9.70. The molecule has 0 aliphatic carbocycles. The van der Waals surface area contributed by atoms with Crippen LogP contribution in [0.15, 0.2) is 42.5 Å². The van der Waals surface area contributed by atoms with Crippen LogP contribution in [0.1, 0.15) is 37.4 Å². The van der Waals surface area contributed by atoms with Gasteiger partial charge in [0.1, 0.15) is 17.5 Å². The molecule has 2 aromatic carbocycles. The van der Waals surface area contributed by atoms with Crippen LogP contribution in [0, 0.1) is 6.92 Å². The van der Waals surface area contributed by atoms with E-state index in [9.17, 15) is 13.2 Å². The van der Waals surface area contributed by atoms with Gasteiger partial charge in [0.15, 0.2) is 0 Å². The van der Waals surface area contributed by atoms with Crippen molar-refractivity contribution in [2.45, 2.75) is 39.3 Å².